The van der Waals surface area contributed by atoms with Crippen molar-refractivity contribution in [1.82, 2.24) is 14.5 Å². The number of aromatic nitrogens is 3. The minimum atomic E-state index is 0.571. The Morgan fingerprint density at radius 2 is 2.44 bits per heavy atom. The normalized spacial score (nSPS) is 23.9. The molecule has 2 aromatic heterocycles. The van der Waals surface area contributed by atoms with E-state index in [4.69, 9.17) is 12.2 Å². The molecule has 0 aromatic carbocycles. The van der Waals surface area contributed by atoms with Gasteiger partial charge in [0.15, 0.2) is 10.4 Å². The molecule has 1 aliphatic rings. The zero-order valence-corrected chi connectivity index (χ0v) is 10.3. The number of H-pyrrole nitrogens is 1. The molecular formula is C12H15N3S. The van der Waals surface area contributed by atoms with E-state index in [2.05, 4.69) is 27.5 Å². The Balaban J connectivity index is 2.17. The number of hydrogen-bond donors (Lipinski definition) is 1. The molecule has 2 aromatic rings. The number of fused-ring (bicyclic) bond motifs is 1. The van der Waals surface area contributed by atoms with Gasteiger partial charge in [-0.25, -0.2) is 4.98 Å². The van der Waals surface area contributed by atoms with Gasteiger partial charge in [0.1, 0.15) is 0 Å². The van der Waals surface area contributed by atoms with Crippen molar-refractivity contribution in [3.8, 4) is 0 Å². The Bertz CT molecular complexity index is 596. The van der Waals surface area contributed by atoms with Gasteiger partial charge in [0, 0.05) is 12.2 Å². The summed E-state index contributed by atoms with van der Waals surface area (Å²) in [6.45, 7) is 4.29. The van der Waals surface area contributed by atoms with Crippen LogP contribution in [0.5, 0.6) is 0 Å². The van der Waals surface area contributed by atoms with Crippen molar-refractivity contribution in [2.24, 2.45) is 5.92 Å². The van der Waals surface area contributed by atoms with Crippen molar-refractivity contribution in [3.05, 3.63) is 22.6 Å². The topological polar surface area (TPSA) is 33.6 Å². The average molecular weight is 233 g/mol. The molecule has 0 amide bonds. The summed E-state index contributed by atoms with van der Waals surface area (Å²) in [5.74, 6) is 0.786. The lowest BCUT2D eigenvalue weighted by Crippen LogP contribution is -1.97. The predicted octanol–water partition coefficient (Wildman–Crippen LogP) is 3.37. The summed E-state index contributed by atoms with van der Waals surface area (Å²) < 4.78 is 3.01. The summed E-state index contributed by atoms with van der Waals surface area (Å²) in [5, 5.41) is 0. The van der Waals surface area contributed by atoms with Gasteiger partial charge in [0.05, 0.1) is 5.52 Å². The van der Waals surface area contributed by atoms with Gasteiger partial charge >= 0.3 is 0 Å². The Morgan fingerprint density at radius 1 is 1.62 bits per heavy atom. The molecule has 0 saturated heterocycles. The first-order chi connectivity index (χ1) is 7.70. The van der Waals surface area contributed by atoms with E-state index in [0.29, 0.717) is 6.04 Å². The van der Waals surface area contributed by atoms with Crippen molar-refractivity contribution < 1.29 is 0 Å². The fraction of sp³-hybridized carbons (Fsp3) is 0.500. The van der Waals surface area contributed by atoms with Gasteiger partial charge in [-0.15, -0.1) is 0 Å². The molecule has 1 N–H and O–H groups in total. The number of nitrogens with zero attached hydrogens (tertiary/aromatic N) is 2. The standard InChI is InChI=1S/C12H15N3S/c1-3-8-5-10(8)15-11-9(14-12(15)16)4-7(2)6-13-11/h4,6,8,10H,3,5H2,1-2H3,(H,14,16). The van der Waals surface area contributed by atoms with E-state index in [1.165, 1.54) is 18.4 Å². The van der Waals surface area contributed by atoms with Crippen molar-refractivity contribution in [2.75, 3.05) is 0 Å². The van der Waals surface area contributed by atoms with Crippen LogP contribution in [0.2, 0.25) is 0 Å². The lowest BCUT2D eigenvalue weighted by atomic mass is 10.3. The Morgan fingerprint density at radius 3 is 3.12 bits per heavy atom. The van der Waals surface area contributed by atoms with Crippen LogP contribution in [0.25, 0.3) is 11.2 Å². The molecule has 3 nitrogen and oxygen atoms in total. The Labute approximate surface area is 99.5 Å². The molecule has 2 unspecified atom stereocenters. The highest BCUT2D eigenvalue weighted by atomic mass is 32.1. The first-order valence-electron chi connectivity index (χ1n) is 5.77. The van der Waals surface area contributed by atoms with Crippen LogP contribution in [0, 0.1) is 17.6 Å². The molecule has 84 valence electrons. The molecule has 1 saturated carbocycles. The molecule has 2 heterocycles. The summed E-state index contributed by atoms with van der Waals surface area (Å²) >= 11 is 5.38. The minimum Gasteiger partial charge on any atom is -0.329 e. The van der Waals surface area contributed by atoms with Gasteiger partial charge < -0.3 is 4.98 Å². The third-order valence-corrected chi connectivity index (χ3v) is 3.73. The molecule has 16 heavy (non-hydrogen) atoms. The number of aromatic amines is 1. The zero-order valence-electron chi connectivity index (χ0n) is 9.53. The van der Waals surface area contributed by atoms with Crippen molar-refractivity contribution >= 4 is 23.4 Å². The summed E-state index contributed by atoms with van der Waals surface area (Å²) in [6.07, 6.45) is 4.38. The number of nitrogens with one attached hydrogen (secondary N) is 1. The van der Waals surface area contributed by atoms with E-state index in [-0.39, 0.29) is 0 Å². The molecule has 1 fully saturated rings. The van der Waals surface area contributed by atoms with Crippen LogP contribution < -0.4 is 0 Å². The Hall–Kier alpha value is -1.16. The number of imidazole rings is 1. The van der Waals surface area contributed by atoms with Crippen LogP contribution in [-0.4, -0.2) is 14.5 Å². The van der Waals surface area contributed by atoms with E-state index in [1.807, 2.05) is 13.1 Å². The summed E-state index contributed by atoms with van der Waals surface area (Å²) in [7, 11) is 0. The molecular weight excluding hydrogens is 218 g/mol. The summed E-state index contributed by atoms with van der Waals surface area (Å²) in [4.78, 5) is 7.75. The second-order valence-electron chi connectivity index (χ2n) is 4.66. The number of hydrogen-bond acceptors (Lipinski definition) is 2. The maximum atomic E-state index is 5.38. The molecule has 3 rings (SSSR count). The van der Waals surface area contributed by atoms with Gasteiger partial charge in [0.25, 0.3) is 0 Å². The second-order valence-corrected chi connectivity index (χ2v) is 5.04. The zero-order chi connectivity index (χ0) is 11.3. The highest BCUT2D eigenvalue weighted by Gasteiger charge is 2.38. The lowest BCUT2D eigenvalue weighted by molar-refractivity contribution is 0.644. The molecule has 0 aliphatic heterocycles. The molecule has 4 heteroatoms. The van der Waals surface area contributed by atoms with Crippen molar-refractivity contribution in [1.29, 1.82) is 0 Å². The maximum Gasteiger partial charge on any atom is 0.179 e. The van der Waals surface area contributed by atoms with Gasteiger partial charge in [0.2, 0.25) is 0 Å². The van der Waals surface area contributed by atoms with Crippen LogP contribution in [0.1, 0.15) is 31.4 Å². The van der Waals surface area contributed by atoms with Crippen LogP contribution in [0.3, 0.4) is 0 Å². The largest absolute Gasteiger partial charge is 0.329 e. The van der Waals surface area contributed by atoms with Crippen molar-refractivity contribution in [3.63, 3.8) is 0 Å². The number of pyridine rings is 1. The monoisotopic (exact) mass is 233 g/mol. The minimum absolute atomic E-state index is 0.571. The first kappa shape index (κ1) is 10.0. The molecule has 1 aliphatic carbocycles. The van der Waals surface area contributed by atoms with E-state index in [0.717, 1.165) is 21.9 Å². The van der Waals surface area contributed by atoms with E-state index < -0.39 is 0 Å². The first-order valence-corrected chi connectivity index (χ1v) is 6.18. The van der Waals surface area contributed by atoms with Gasteiger partial charge in [-0.1, -0.05) is 13.3 Å². The number of aryl methyl sites for hydroxylation is 1. The molecule has 0 radical (unpaired) electrons. The molecule has 0 bridgehead atoms. The lowest BCUT2D eigenvalue weighted by Gasteiger charge is -2.01. The molecule has 0 spiro atoms. The molecule has 2 atom stereocenters. The fourth-order valence-electron chi connectivity index (χ4n) is 2.41. The third-order valence-electron chi connectivity index (χ3n) is 3.43. The number of rotatable bonds is 2. The quantitative estimate of drug-likeness (QED) is 0.807. The van der Waals surface area contributed by atoms with E-state index in [1.54, 1.807) is 0 Å². The van der Waals surface area contributed by atoms with E-state index in [9.17, 15) is 0 Å². The predicted molar refractivity (Wildman–Crippen MR) is 67.1 cm³/mol. The van der Waals surface area contributed by atoms with Crippen molar-refractivity contribution in [2.45, 2.75) is 32.7 Å². The van der Waals surface area contributed by atoms with Crippen LogP contribution >= 0.6 is 12.2 Å². The summed E-state index contributed by atoms with van der Waals surface area (Å²) in [5.41, 5.74) is 3.24. The SMILES string of the molecule is CCC1CC1n1c(=S)[nH]c2cc(C)cnc21. The van der Waals surface area contributed by atoms with Gasteiger partial charge in [-0.05, 0) is 43.1 Å². The maximum absolute atomic E-state index is 5.38. The van der Waals surface area contributed by atoms with Crippen LogP contribution in [0.4, 0.5) is 0 Å². The highest BCUT2D eigenvalue weighted by molar-refractivity contribution is 7.71. The second kappa shape index (κ2) is 3.42. The smallest absolute Gasteiger partial charge is 0.179 e. The van der Waals surface area contributed by atoms with Gasteiger partial charge in [-0.2, -0.15) is 0 Å². The van der Waals surface area contributed by atoms with E-state index >= 15 is 0 Å². The average Bonchev–Trinajstić information content (AvgIpc) is 2.94. The third kappa shape index (κ3) is 1.40. The Kier molecular flexibility index (Phi) is 2.14. The van der Waals surface area contributed by atoms with Gasteiger partial charge in [-0.3, -0.25) is 4.57 Å². The van der Waals surface area contributed by atoms with Crippen LogP contribution in [-0.2, 0) is 0 Å². The summed E-state index contributed by atoms with van der Waals surface area (Å²) in [6, 6.07) is 2.68. The highest BCUT2D eigenvalue weighted by Crippen LogP contribution is 2.46. The fourth-order valence-corrected chi connectivity index (χ4v) is 2.74. The van der Waals surface area contributed by atoms with Crippen LogP contribution in [0.15, 0.2) is 12.3 Å².